The van der Waals surface area contributed by atoms with E-state index < -0.39 is 0 Å². The van der Waals surface area contributed by atoms with Crippen molar-refractivity contribution < 1.29 is 5.11 Å². The maximum absolute atomic E-state index is 8.83. The Morgan fingerprint density at radius 3 is 2.55 bits per heavy atom. The highest BCUT2D eigenvalue weighted by Crippen LogP contribution is 2.10. The molecule has 0 unspecified atom stereocenters. The second kappa shape index (κ2) is 5.00. The molecule has 1 rings (SSSR count). The van der Waals surface area contributed by atoms with Crippen LogP contribution < -0.4 is 0 Å². The Morgan fingerprint density at radius 1 is 1.55 bits per heavy atom. The van der Waals surface area contributed by atoms with Gasteiger partial charge in [0.1, 0.15) is 6.07 Å². The van der Waals surface area contributed by atoms with Crippen molar-refractivity contribution in [2.75, 3.05) is 0 Å². The van der Waals surface area contributed by atoms with Gasteiger partial charge >= 0.3 is 0 Å². The molecule has 1 N–H and O–H groups in total. The van der Waals surface area contributed by atoms with Gasteiger partial charge in [0.25, 0.3) is 0 Å². The van der Waals surface area contributed by atoms with Crippen LogP contribution in [0.25, 0.3) is 0 Å². The smallest absolute Gasteiger partial charge is 0.151 e. The highest BCUT2D eigenvalue weighted by molar-refractivity contribution is 5.38. The molecule has 0 atom stereocenters. The summed E-state index contributed by atoms with van der Waals surface area (Å²) in [6, 6.07) is 3.26. The number of rotatable bonds is 0. The maximum Gasteiger partial charge on any atom is 0.151 e. The molecule has 1 aromatic heterocycles. The third kappa shape index (κ3) is 2.50. The van der Waals surface area contributed by atoms with E-state index in [4.69, 9.17) is 10.4 Å². The van der Waals surface area contributed by atoms with Crippen LogP contribution in [0.15, 0.2) is 31.6 Å². The maximum atomic E-state index is 8.83. The molecule has 56 valence electrons. The number of aromatic nitrogens is 1. The summed E-state index contributed by atoms with van der Waals surface area (Å²) in [6.07, 6.45) is 2.69. The van der Waals surface area contributed by atoms with Gasteiger partial charge in [-0.1, -0.05) is 0 Å². The fourth-order valence-corrected chi connectivity index (χ4v) is 0.481. The lowest BCUT2D eigenvalue weighted by Gasteiger charge is -1.89. The predicted octanol–water partition coefficient (Wildman–Crippen LogP) is 1.46. The first-order valence-corrected chi connectivity index (χ1v) is 2.87. The summed E-state index contributed by atoms with van der Waals surface area (Å²) in [6.45, 7) is 6.00. The van der Waals surface area contributed by atoms with E-state index in [9.17, 15) is 0 Å². The molecule has 0 aliphatic carbocycles. The topological polar surface area (TPSA) is 56.9 Å². The van der Waals surface area contributed by atoms with E-state index in [1.807, 2.05) is 0 Å². The zero-order chi connectivity index (χ0) is 8.69. The van der Waals surface area contributed by atoms with Crippen molar-refractivity contribution in [1.29, 1.82) is 5.26 Å². The molecule has 0 aliphatic heterocycles. The predicted molar refractivity (Wildman–Crippen MR) is 41.9 cm³/mol. The molecular formula is C8H8N2O. The Balaban J connectivity index is 0.000000461. The first-order chi connectivity index (χ1) is 5.34. The third-order valence-corrected chi connectivity index (χ3v) is 0.920. The summed E-state index contributed by atoms with van der Waals surface area (Å²) in [5.74, 6) is -0.0694. The van der Waals surface area contributed by atoms with E-state index in [2.05, 4.69) is 18.1 Å². The molecule has 0 saturated heterocycles. The van der Waals surface area contributed by atoms with Crippen molar-refractivity contribution >= 4 is 0 Å². The molecule has 0 fully saturated rings. The lowest BCUT2D eigenvalue weighted by Crippen LogP contribution is -1.75. The highest BCUT2D eigenvalue weighted by Gasteiger charge is 1.94. The molecule has 3 nitrogen and oxygen atoms in total. The second-order valence-corrected chi connectivity index (χ2v) is 1.50. The molecule has 0 spiro atoms. The van der Waals surface area contributed by atoms with Gasteiger partial charge in [-0.25, -0.2) is 0 Å². The average molecular weight is 148 g/mol. The van der Waals surface area contributed by atoms with Crippen LogP contribution >= 0.6 is 0 Å². The Morgan fingerprint density at radius 2 is 2.18 bits per heavy atom. The van der Waals surface area contributed by atoms with Crippen molar-refractivity contribution in [3.63, 3.8) is 0 Å². The van der Waals surface area contributed by atoms with Crippen LogP contribution in [0, 0.1) is 11.3 Å². The van der Waals surface area contributed by atoms with Crippen molar-refractivity contribution in [1.82, 2.24) is 4.98 Å². The van der Waals surface area contributed by atoms with E-state index in [-0.39, 0.29) is 11.3 Å². The lowest BCUT2D eigenvalue weighted by molar-refractivity contribution is 0.471. The van der Waals surface area contributed by atoms with Gasteiger partial charge in [-0.2, -0.15) is 5.26 Å². The molecule has 0 aliphatic rings. The van der Waals surface area contributed by atoms with E-state index >= 15 is 0 Å². The number of nitriles is 1. The molecule has 0 radical (unpaired) electrons. The fraction of sp³-hybridized carbons (Fsp3) is 0. The zero-order valence-electron chi connectivity index (χ0n) is 5.99. The standard InChI is InChI=1S/C6H4N2O.C2H4/c7-3-5-1-2-8-4-6(5)9;1-2/h1-2,4,9H;1-2H2. The monoisotopic (exact) mass is 148 g/mol. The van der Waals surface area contributed by atoms with Gasteiger partial charge in [0.15, 0.2) is 5.75 Å². The van der Waals surface area contributed by atoms with Crippen LogP contribution in [0.2, 0.25) is 0 Å². The molecule has 0 aromatic carbocycles. The molecule has 0 amide bonds. The summed E-state index contributed by atoms with van der Waals surface area (Å²) in [7, 11) is 0. The SMILES string of the molecule is C=C.N#Cc1ccncc1O. The van der Waals surface area contributed by atoms with E-state index in [1.54, 1.807) is 6.07 Å². The minimum Gasteiger partial charge on any atom is -0.505 e. The van der Waals surface area contributed by atoms with Gasteiger partial charge in [-0.05, 0) is 6.07 Å². The number of hydrogen-bond donors (Lipinski definition) is 1. The Kier molecular flexibility index (Phi) is 4.18. The largest absolute Gasteiger partial charge is 0.505 e. The Labute approximate surface area is 65.2 Å². The van der Waals surface area contributed by atoms with Gasteiger partial charge in [0.05, 0.1) is 11.8 Å². The van der Waals surface area contributed by atoms with E-state index in [0.29, 0.717) is 0 Å². The van der Waals surface area contributed by atoms with E-state index in [1.165, 1.54) is 18.5 Å². The first-order valence-electron chi connectivity index (χ1n) is 2.87. The highest BCUT2D eigenvalue weighted by atomic mass is 16.3. The summed E-state index contributed by atoms with van der Waals surface area (Å²) in [4.78, 5) is 3.59. The molecule has 1 heterocycles. The lowest BCUT2D eigenvalue weighted by atomic mass is 10.3. The number of aromatic hydroxyl groups is 1. The Hall–Kier alpha value is -1.82. The first kappa shape index (κ1) is 9.18. The van der Waals surface area contributed by atoms with E-state index in [0.717, 1.165) is 0 Å². The summed E-state index contributed by atoms with van der Waals surface area (Å²) in [5, 5.41) is 17.1. The normalized spacial score (nSPS) is 7.18. The van der Waals surface area contributed by atoms with Crippen molar-refractivity contribution in [2.45, 2.75) is 0 Å². The summed E-state index contributed by atoms with van der Waals surface area (Å²) in [5.41, 5.74) is 0.255. The van der Waals surface area contributed by atoms with Crippen LogP contribution in [0.3, 0.4) is 0 Å². The van der Waals surface area contributed by atoms with Gasteiger partial charge in [-0.15, -0.1) is 13.2 Å². The second-order valence-electron chi connectivity index (χ2n) is 1.50. The minimum atomic E-state index is -0.0694. The van der Waals surface area contributed by atoms with Gasteiger partial charge in [0, 0.05) is 6.20 Å². The molecule has 0 bridgehead atoms. The minimum absolute atomic E-state index is 0.0694. The summed E-state index contributed by atoms with van der Waals surface area (Å²) < 4.78 is 0. The quantitative estimate of drug-likeness (QED) is 0.566. The van der Waals surface area contributed by atoms with Crippen LogP contribution in [-0.2, 0) is 0 Å². The molecule has 1 aromatic rings. The molecule has 3 heteroatoms. The van der Waals surface area contributed by atoms with Crippen LogP contribution in [-0.4, -0.2) is 10.1 Å². The number of hydrogen-bond acceptors (Lipinski definition) is 3. The van der Waals surface area contributed by atoms with Gasteiger partial charge in [-0.3, -0.25) is 4.98 Å². The number of pyridine rings is 1. The Bertz CT molecular complexity index is 265. The number of nitrogens with zero attached hydrogens (tertiary/aromatic N) is 2. The molecule has 11 heavy (non-hydrogen) atoms. The van der Waals surface area contributed by atoms with Gasteiger partial charge < -0.3 is 5.11 Å². The third-order valence-electron chi connectivity index (χ3n) is 0.920. The fourth-order valence-electron chi connectivity index (χ4n) is 0.481. The average Bonchev–Trinajstić information content (AvgIpc) is 2.09. The zero-order valence-corrected chi connectivity index (χ0v) is 5.99. The van der Waals surface area contributed by atoms with Crippen molar-refractivity contribution in [3.8, 4) is 11.8 Å². The van der Waals surface area contributed by atoms with Crippen LogP contribution in [0.1, 0.15) is 5.56 Å². The van der Waals surface area contributed by atoms with Crippen molar-refractivity contribution in [3.05, 3.63) is 37.2 Å². The van der Waals surface area contributed by atoms with Crippen LogP contribution in [0.4, 0.5) is 0 Å². The summed E-state index contributed by atoms with van der Waals surface area (Å²) >= 11 is 0. The molecule has 0 saturated carbocycles. The van der Waals surface area contributed by atoms with Crippen molar-refractivity contribution in [2.24, 2.45) is 0 Å². The molecular weight excluding hydrogens is 140 g/mol. The van der Waals surface area contributed by atoms with Gasteiger partial charge in [0.2, 0.25) is 0 Å². The van der Waals surface area contributed by atoms with Crippen LogP contribution in [0.5, 0.6) is 5.75 Å².